The molecule has 9 heteroatoms. The van der Waals surface area contributed by atoms with Crippen molar-refractivity contribution in [2.75, 3.05) is 11.3 Å². The standard InChI is InChI=1S/C16H13ClN2O4S2/c1-2-23-15(20)10-3-8-13-14(9-10)24-16(18-13)19-25(21,22)12-6-4-11(17)5-7-12/h3-9H,2H2,1H3,(H,18,19). The first kappa shape index (κ1) is 17.7. The van der Waals surface area contributed by atoms with Crippen molar-refractivity contribution in [1.82, 2.24) is 4.98 Å². The van der Waals surface area contributed by atoms with Gasteiger partial charge in [-0.15, -0.1) is 0 Å². The molecule has 0 amide bonds. The first-order valence-corrected chi connectivity index (χ1v) is 9.93. The Kier molecular flexibility index (Phi) is 4.94. The molecule has 1 N–H and O–H groups in total. The van der Waals surface area contributed by atoms with Crippen molar-refractivity contribution in [1.29, 1.82) is 0 Å². The molecule has 0 aliphatic rings. The quantitative estimate of drug-likeness (QED) is 0.660. The molecule has 0 unspecified atom stereocenters. The molecule has 3 aromatic rings. The number of carbonyl (C=O) groups is 1. The molecule has 0 saturated heterocycles. The number of nitrogens with one attached hydrogen (secondary N) is 1. The summed E-state index contributed by atoms with van der Waals surface area (Å²) >= 11 is 6.91. The predicted molar refractivity (Wildman–Crippen MR) is 97.8 cm³/mol. The Morgan fingerprint density at radius 3 is 2.64 bits per heavy atom. The van der Waals surface area contributed by atoms with Gasteiger partial charge >= 0.3 is 5.97 Å². The lowest BCUT2D eigenvalue weighted by Gasteiger charge is -2.04. The van der Waals surface area contributed by atoms with E-state index >= 15 is 0 Å². The van der Waals surface area contributed by atoms with Crippen LogP contribution in [0.5, 0.6) is 0 Å². The second-order valence-corrected chi connectivity index (χ2v) is 8.13. The van der Waals surface area contributed by atoms with E-state index in [4.69, 9.17) is 16.3 Å². The molecule has 0 aliphatic carbocycles. The van der Waals surface area contributed by atoms with Crippen molar-refractivity contribution in [3.63, 3.8) is 0 Å². The number of fused-ring (bicyclic) bond motifs is 1. The maximum Gasteiger partial charge on any atom is 0.338 e. The van der Waals surface area contributed by atoms with Crippen LogP contribution in [0.2, 0.25) is 5.02 Å². The van der Waals surface area contributed by atoms with Gasteiger partial charge in [-0.05, 0) is 49.4 Å². The minimum Gasteiger partial charge on any atom is -0.462 e. The summed E-state index contributed by atoms with van der Waals surface area (Å²) in [7, 11) is -3.77. The third kappa shape index (κ3) is 3.92. The minimum absolute atomic E-state index is 0.0865. The zero-order valence-corrected chi connectivity index (χ0v) is 15.4. The van der Waals surface area contributed by atoms with Gasteiger partial charge in [-0.1, -0.05) is 22.9 Å². The second kappa shape index (κ2) is 6.99. The number of nitrogens with zero attached hydrogens (tertiary/aromatic N) is 1. The maximum atomic E-state index is 12.4. The Morgan fingerprint density at radius 2 is 1.96 bits per heavy atom. The van der Waals surface area contributed by atoms with Gasteiger partial charge in [0.25, 0.3) is 10.0 Å². The maximum absolute atomic E-state index is 12.4. The number of aromatic nitrogens is 1. The minimum atomic E-state index is -3.77. The molecule has 0 radical (unpaired) electrons. The number of hydrogen-bond acceptors (Lipinski definition) is 6. The van der Waals surface area contributed by atoms with Crippen molar-refractivity contribution in [3.05, 3.63) is 53.1 Å². The van der Waals surface area contributed by atoms with Crippen LogP contribution in [-0.4, -0.2) is 26.0 Å². The van der Waals surface area contributed by atoms with Crippen LogP contribution < -0.4 is 4.72 Å². The van der Waals surface area contributed by atoms with Crippen molar-refractivity contribution in [2.24, 2.45) is 0 Å². The number of hydrogen-bond donors (Lipinski definition) is 1. The van der Waals surface area contributed by atoms with Gasteiger partial charge in [0.2, 0.25) is 0 Å². The fourth-order valence-electron chi connectivity index (χ4n) is 2.10. The van der Waals surface area contributed by atoms with Gasteiger partial charge in [0.1, 0.15) is 0 Å². The van der Waals surface area contributed by atoms with E-state index in [1.807, 2.05) is 0 Å². The molecular weight excluding hydrogens is 384 g/mol. The molecule has 3 rings (SSSR count). The van der Waals surface area contributed by atoms with E-state index in [-0.39, 0.29) is 16.6 Å². The lowest BCUT2D eigenvalue weighted by molar-refractivity contribution is 0.0526. The third-order valence-electron chi connectivity index (χ3n) is 3.25. The summed E-state index contributed by atoms with van der Waals surface area (Å²) in [4.78, 5) is 16.1. The fourth-order valence-corrected chi connectivity index (χ4v) is 4.36. The van der Waals surface area contributed by atoms with Crippen LogP contribution in [0.4, 0.5) is 5.13 Å². The number of rotatable bonds is 5. The molecule has 25 heavy (non-hydrogen) atoms. The van der Waals surface area contributed by atoms with Crippen LogP contribution >= 0.6 is 22.9 Å². The highest BCUT2D eigenvalue weighted by atomic mass is 35.5. The van der Waals surface area contributed by atoms with Gasteiger partial charge in [0, 0.05) is 5.02 Å². The van der Waals surface area contributed by atoms with Crippen molar-refractivity contribution < 1.29 is 17.9 Å². The summed E-state index contributed by atoms with van der Waals surface area (Å²) in [5.74, 6) is -0.430. The number of ether oxygens (including phenoxy) is 1. The SMILES string of the molecule is CCOC(=O)c1ccc2nc(NS(=O)(=O)c3ccc(Cl)cc3)sc2c1. The molecule has 0 saturated carbocycles. The predicted octanol–water partition coefficient (Wildman–Crippen LogP) is 3.93. The van der Waals surface area contributed by atoms with E-state index < -0.39 is 16.0 Å². The molecule has 0 atom stereocenters. The molecule has 0 bridgehead atoms. The van der Waals surface area contributed by atoms with Gasteiger partial charge in [0.05, 0.1) is 27.3 Å². The molecule has 1 aromatic heterocycles. The number of anilines is 1. The van der Waals surface area contributed by atoms with Gasteiger partial charge in [-0.2, -0.15) is 0 Å². The van der Waals surface area contributed by atoms with E-state index in [0.29, 0.717) is 20.8 Å². The normalized spacial score (nSPS) is 11.4. The van der Waals surface area contributed by atoms with E-state index in [2.05, 4.69) is 9.71 Å². The largest absolute Gasteiger partial charge is 0.462 e. The summed E-state index contributed by atoms with van der Waals surface area (Å²) in [5, 5.41) is 0.663. The van der Waals surface area contributed by atoms with Gasteiger partial charge in [-0.25, -0.2) is 18.2 Å². The zero-order valence-electron chi connectivity index (χ0n) is 13.0. The van der Waals surface area contributed by atoms with Crippen LogP contribution in [-0.2, 0) is 14.8 Å². The first-order valence-electron chi connectivity index (χ1n) is 7.25. The summed E-state index contributed by atoms with van der Waals surface area (Å²) < 4.78 is 32.8. The van der Waals surface area contributed by atoms with Gasteiger partial charge in [0.15, 0.2) is 5.13 Å². The highest BCUT2D eigenvalue weighted by Crippen LogP contribution is 2.29. The monoisotopic (exact) mass is 396 g/mol. The molecule has 0 fully saturated rings. The number of sulfonamides is 1. The molecule has 2 aromatic carbocycles. The second-order valence-electron chi connectivity index (χ2n) is 4.98. The Hall–Kier alpha value is -2.16. The highest BCUT2D eigenvalue weighted by Gasteiger charge is 2.17. The Balaban J connectivity index is 1.89. The van der Waals surface area contributed by atoms with Crippen LogP contribution in [0.25, 0.3) is 10.2 Å². The average molecular weight is 397 g/mol. The van der Waals surface area contributed by atoms with Gasteiger partial charge < -0.3 is 4.74 Å². The summed E-state index contributed by atoms with van der Waals surface area (Å²) in [6.45, 7) is 2.01. The lowest BCUT2D eigenvalue weighted by Crippen LogP contribution is -2.12. The zero-order chi connectivity index (χ0) is 18.0. The van der Waals surface area contributed by atoms with Gasteiger partial charge in [-0.3, -0.25) is 4.72 Å². The molecule has 130 valence electrons. The van der Waals surface area contributed by atoms with E-state index in [1.165, 1.54) is 24.3 Å². The Labute approximate surface area is 153 Å². The van der Waals surface area contributed by atoms with E-state index in [1.54, 1.807) is 25.1 Å². The van der Waals surface area contributed by atoms with Crippen LogP contribution in [0, 0.1) is 0 Å². The van der Waals surface area contributed by atoms with Crippen LogP contribution in [0.1, 0.15) is 17.3 Å². The number of benzene rings is 2. The van der Waals surface area contributed by atoms with Crippen molar-refractivity contribution in [3.8, 4) is 0 Å². The first-order chi connectivity index (χ1) is 11.9. The summed E-state index contributed by atoms with van der Waals surface area (Å²) in [6, 6.07) is 10.7. The van der Waals surface area contributed by atoms with E-state index in [9.17, 15) is 13.2 Å². The molecule has 0 spiro atoms. The van der Waals surface area contributed by atoms with Crippen molar-refractivity contribution >= 4 is 54.3 Å². The average Bonchev–Trinajstić information content (AvgIpc) is 2.95. The number of esters is 1. The molecule has 6 nitrogen and oxygen atoms in total. The summed E-state index contributed by atoms with van der Waals surface area (Å²) in [5.41, 5.74) is 0.983. The number of halogens is 1. The molecule has 0 aliphatic heterocycles. The fraction of sp³-hybridized carbons (Fsp3) is 0.125. The third-order valence-corrected chi connectivity index (χ3v) is 5.91. The Bertz CT molecular complexity index is 1030. The molecular formula is C16H13ClN2O4S2. The lowest BCUT2D eigenvalue weighted by atomic mass is 10.2. The summed E-state index contributed by atoms with van der Waals surface area (Å²) in [6.07, 6.45) is 0. The van der Waals surface area contributed by atoms with Crippen LogP contribution in [0.15, 0.2) is 47.4 Å². The number of thiazole rings is 1. The molecule has 1 heterocycles. The number of carbonyl (C=O) groups excluding carboxylic acids is 1. The highest BCUT2D eigenvalue weighted by molar-refractivity contribution is 7.93. The Morgan fingerprint density at radius 1 is 1.24 bits per heavy atom. The topological polar surface area (TPSA) is 85.4 Å². The smallest absolute Gasteiger partial charge is 0.338 e. The van der Waals surface area contributed by atoms with E-state index in [0.717, 1.165) is 11.3 Å². The van der Waals surface area contributed by atoms with Crippen molar-refractivity contribution in [2.45, 2.75) is 11.8 Å². The van der Waals surface area contributed by atoms with Crippen LogP contribution in [0.3, 0.4) is 0 Å².